The first-order valence-corrected chi connectivity index (χ1v) is 13.3. The summed E-state index contributed by atoms with van der Waals surface area (Å²) in [4.78, 5) is 14.0. The van der Waals surface area contributed by atoms with Gasteiger partial charge in [-0.3, -0.25) is 4.79 Å². The fourth-order valence-electron chi connectivity index (χ4n) is 3.59. The molecule has 6 nitrogen and oxygen atoms in total. The van der Waals surface area contributed by atoms with Gasteiger partial charge in [0.15, 0.2) is 5.78 Å². The quantitative estimate of drug-likeness (QED) is 0.228. The third-order valence-corrected chi connectivity index (χ3v) is 8.35. The van der Waals surface area contributed by atoms with Gasteiger partial charge in [0.25, 0.3) is 0 Å². The molecule has 0 atom stereocenters. The van der Waals surface area contributed by atoms with Crippen molar-refractivity contribution in [1.29, 1.82) is 0 Å². The number of carbonyl (C=O) groups excluding carboxylic acids is 1. The molecule has 34 heavy (non-hydrogen) atoms. The van der Waals surface area contributed by atoms with Crippen LogP contribution in [0.15, 0.2) is 89.3 Å². The molecule has 0 unspecified atom stereocenters. The second-order valence-electron chi connectivity index (χ2n) is 7.50. The molecule has 0 fully saturated rings. The van der Waals surface area contributed by atoms with Crippen LogP contribution in [0.3, 0.4) is 0 Å². The highest BCUT2D eigenvalue weighted by atomic mass is 32.2. The Labute approximate surface area is 203 Å². The number of aromatic nitrogens is 2. The van der Waals surface area contributed by atoms with Crippen LogP contribution in [0.25, 0.3) is 22.3 Å². The first kappa shape index (κ1) is 23.8. The number of hydrogen-bond donors (Lipinski definition) is 0. The molecule has 0 aliphatic heterocycles. The second-order valence-corrected chi connectivity index (χ2v) is 10.4. The molecule has 0 saturated carbocycles. The van der Waals surface area contributed by atoms with E-state index in [9.17, 15) is 13.2 Å². The molecule has 2 heterocycles. The molecule has 8 heteroatoms. The lowest BCUT2D eigenvalue weighted by molar-refractivity contribution is 0.104. The fraction of sp³-hybridized carbons (Fsp3) is 0.154. The van der Waals surface area contributed by atoms with Crippen LogP contribution in [0.4, 0.5) is 0 Å². The predicted molar refractivity (Wildman–Crippen MR) is 137 cm³/mol. The number of thiophene rings is 1. The second kappa shape index (κ2) is 10.3. The largest absolute Gasteiger partial charge is 0.289 e. The zero-order valence-corrected chi connectivity index (χ0v) is 20.6. The molecular weight excluding hydrogens is 466 g/mol. The van der Waals surface area contributed by atoms with E-state index in [-0.39, 0.29) is 10.7 Å². The maximum absolute atomic E-state index is 12.8. The van der Waals surface area contributed by atoms with Crippen molar-refractivity contribution in [3.63, 3.8) is 0 Å². The molecule has 0 amide bonds. The smallest absolute Gasteiger partial charge is 0.243 e. The van der Waals surface area contributed by atoms with E-state index in [1.54, 1.807) is 48.1 Å². The van der Waals surface area contributed by atoms with Crippen molar-refractivity contribution in [3.05, 3.63) is 95.5 Å². The molecule has 4 aromatic rings. The molecular formula is C26H25N3O3S2. The minimum atomic E-state index is -3.56. The van der Waals surface area contributed by atoms with Crippen molar-refractivity contribution in [3.8, 4) is 16.3 Å². The van der Waals surface area contributed by atoms with Gasteiger partial charge in [-0.2, -0.15) is 9.40 Å². The summed E-state index contributed by atoms with van der Waals surface area (Å²) >= 11 is 1.58. The van der Waals surface area contributed by atoms with Gasteiger partial charge in [-0.1, -0.05) is 38.1 Å². The molecule has 0 saturated heterocycles. The van der Waals surface area contributed by atoms with Crippen LogP contribution in [0.5, 0.6) is 0 Å². The van der Waals surface area contributed by atoms with E-state index in [1.165, 1.54) is 22.5 Å². The van der Waals surface area contributed by atoms with Crippen LogP contribution >= 0.6 is 11.3 Å². The highest BCUT2D eigenvalue weighted by Crippen LogP contribution is 2.28. The van der Waals surface area contributed by atoms with Crippen LogP contribution in [-0.4, -0.2) is 41.4 Å². The number of ketones is 1. The number of benzene rings is 2. The Hall–Kier alpha value is -3.33. The van der Waals surface area contributed by atoms with Gasteiger partial charge in [-0.25, -0.2) is 13.1 Å². The molecule has 0 aliphatic rings. The highest BCUT2D eigenvalue weighted by molar-refractivity contribution is 7.89. The molecule has 4 rings (SSSR count). The number of carbonyl (C=O) groups is 1. The van der Waals surface area contributed by atoms with Crippen molar-refractivity contribution in [2.24, 2.45) is 0 Å². The van der Waals surface area contributed by atoms with E-state index < -0.39 is 10.0 Å². The molecule has 0 spiro atoms. The van der Waals surface area contributed by atoms with Gasteiger partial charge >= 0.3 is 0 Å². The van der Waals surface area contributed by atoms with Crippen molar-refractivity contribution < 1.29 is 13.2 Å². The summed E-state index contributed by atoms with van der Waals surface area (Å²) in [7, 11) is -3.56. The average molecular weight is 492 g/mol. The minimum absolute atomic E-state index is 0.181. The van der Waals surface area contributed by atoms with Gasteiger partial charge < -0.3 is 0 Å². The molecule has 0 radical (unpaired) electrons. The Morgan fingerprint density at radius 2 is 1.71 bits per heavy atom. The van der Waals surface area contributed by atoms with Gasteiger partial charge in [-0.15, -0.1) is 11.3 Å². The average Bonchev–Trinajstić information content (AvgIpc) is 3.54. The van der Waals surface area contributed by atoms with Crippen LogP contribution in [0, 0.1) is 0 Å². The summed E-state index contributed by atoms with van der Waals surface area (Å²) in [5.41, 5.74) is 2.96. The van der Waals surface area contributed by atoms with E-state index in [2.05, 4.69) is 0 Å². The van der Waals surface area contributed by atoms with Crippen molar-refractivity contribution in [1.82, 2.24) is 14.1 Å². The monoisotopic (exact) mass is 491 g/mol. The summed E-state index contributed by atoms with van der Waals surface area (Å²) in [6.45, 7) is 4.39. The van der Waals surface area contributed by atoms with E-state index in [0.717, 1.165) is 21.8 Å². The summed E-state index contributed by atoms with van der Waals surface area (Å²) in [6.07, 6.45) is 5.15. The Kier molecular flexibility index (Phi) is 7.21. The number of para-hydroxylation sites is 1. The van der Waals surface area contributed by atoms with Gasteiger partial charge in [-0.05, 0) is 60.0 Å². The zero-order valence-electron chi connectivity index (χ0n) is 19.0. The Morgan fingerprint density at radius 3 is 2.32 bits per heavy atom. The number of hydrogen-bond acceptors (Lipinski definition) is 5. The minimum Gasteiger partial charge on any atom is -0.289 e. The van der Waals surface area contributed by atoms with E-state index in [0.29, 0.717) is 18.7 Å². The molecule has 0 aliphatic carbocycles. The lowest BCUT2D eigenvalue weighted by Crippen LogP contribution is -2.30. The number of nitrogens with zero attached hydrogens (tertiary/aromatic N) is 3. The summed E-state index contributed by atoms with van der Waals surface area (Å²) < 4.78 is 28.5. The van der Waals surface area contributed by atoms with Gasteiger partial charge in [0.1, 0.15) is 5.69 Å². The van der Waals surface area contributed by atoms with Crippen molar-refractivity contribution >= 4 is 33.2 Å². The maximum Gasteiger partial charge on any atom is 0.243 e. The molecule has 174 valence electrons. The first-order valence-electron chi connectivity index (χ1n) is 11.0. The third kappa shape index (κ3) is 4.94. The predicted octanol–water partition coefficient (Wildman–Crippen LogP) is 5.53. The summed E-state index contributed by atoms with van der Waals surface area (Å²) in [5, 5.41) is 6.73. The molecule has 0 N–H and O–H groups in total. The first-order chi connectivity index (χ1) is 16.4. The maximum atomic E-state index is 12.8. The van der Waals surface area contributed by atoms with E-state index in [1.807, 2.05) is 54.0 Å². The van der Waals surface area contributed by atoms with Gasteiger partial charge in [0.2, 0.25) is 10.0 Å². The Morgan fingerprint density at radius 1 is 1.00 bits per heavy atom. The van der Waals surface area contributed by atoms with Crippen LogP contribution in [0.2, 0.25) is 0 Å². The van der Waals surface area contributed by atoms with Gasteiger partial charge in [0, 0.05) is 30.4 Å². The normalized spacial score (nSPS) is 12.0. The lowest BCUT2D eigenvalue weighted by atomic mass is 10.1. The van der Waals surface area contributed by atoms with E-state index in [4.69, 9.17) is 5.10 Å². The topological polar surface area (TPSA) is 72.3 Å². The SMILES string of the molecule is CCN(CC)S(=O)(=O)c1ccc(C(=O)C=Cc2cn(-c3ccccc3)nc2-c2cccs2)cc1. The van der Waals surface area contributed by atoms with E-state index >= 15 is 0 Å². The third-order valence-electron chi connectivity index (χ3n) is 5.41. The van der Waals surface area contributed by atoms with Crippen LogP contribution in [-0.2, 0) is 10.0 Å². The highest BCUT2D eigenvalue weighted by Gasteiger charge is 2.21. The Balaban J connectivity index is 1.60. The van der Waals surface area contributed by atoms with Crippen molar-refractivity contribution in [2.75, 3.05) is 13.1 Å². The zero-order chi connectivity index (χ0) is 24.1. The van der Waals surface area contributed by atoms with Crippen molar-refractivity contribution in [2.45, 2.75) is 18.7 Å². The lowest BCUT2D eigenvalue weighted by Gasteiger charge is -2.18. The molecule has 2 aromatic heterocycles. The number of rotatable bonds is 9. The van der Waals surface area contributed by atoms with Gasteiger partial charge in [0.05, 0.1) is 15.5 Å². The number of sulfonamides is 1. The molecule has 0 bridgehead atoms. The van der Waals surface area contributed by atoms with Crippen LogP contribution < -0.4 is 0 Å². The Bertz CT molecular complexity index is 1390. The fourth-order valence-corrected chi connectivity index (χ4v) is 5.78. The standard InChI is InChI=1S/C26H25N3O3S2/c1-3-28(4-2)34(31,32)23-15-12-20(13-16-23)24(30)17-14-21-19-29(22-9-6-5-7-10-22)27-26(21)25-11-8-18-33-25/h5-19H,3-4H2,1-2H3. The number of allylic oxidation sites excluding steroid dienone is 1. The summed E-state index contributed by atoms with van der Waals surface area (Å²) in [5.74, 6) is -0.212. The van der Waals surface area contributed by atoms with Crippen LogP contribution in [0.1, 0.15) is 29.8 Å². The summed E-state index contributed by atoms with van der Waals surface area (Å²) in [6, 6.07) is 19.8. The molecule has 2 aromatic carbocycles.